The summed E-state index contributed by atoms with van der Waals surface area (Å²) in [5.41, 5.74) is 2.36. The number of aryl methyl sites for hydroxylation is 1. The first-order valence-electron chi connectivity index (χ1n) is 12.2. The molecule has 0 spiro atoms. The Morgan fingerprint density at radius 3 is 2.36 bits per heavy atom. The number of anilines is 1. The monoisotopic (exact) mass is 517 g/mol. The third kappa shape index (κ3) is 5.70. The summed E-state index contributed by atoms with van der Waals surface area (Å²) in [5, 5.41) is 12.4. The number of carbonyl (C=O) groups excluding carboxylic acids is 1. The van der Waals surface area contributed by atoms with Crippen molar-refractivity contribution < 1.29 is 27.5 Å². The van der Waals surface area contributed by atoms with Gasteiger partial charge in [-0.05, 0) is 80.8 Å². The van der Waals surface area contributed by atoms with E-state index in [0.717, 1.165) is 11.1 Å². The highest BCUT2D eigenvalue weighted by Crippen LogP contribution is 2.32. The molecule has 8 nitrogen and oxygen atoms in total. The maximum Gasteiger partial charge on any atom is 0.326 e. The second-order valence-corrected chi connectivity index (χ2v) is 11.5. The van der Waals surface area contributed by atoms with Crippen molar-refractivity contribution >= 4 is 27.6 Å². The predicted octanol–water partition coefficient (Wildman–Crippen LogP) is 3.38. The molecule has 2 atom stereocenters. The highest BCUT2D eigenvalue weighted by Gasteiger charge is 2.32. The van der Waals surface area contributed by atoms with Crippen molar-refractivity contribution in [1.29, 1.82) is 0 Å². The topological polar surface area (TPSA) is 116 Å². The third-order valence-corrected chi connectivity index (χ3v) is 8.85. The zero-order valence-electron chi connectivity index (χ0n) is 20.4. The number of nitrogens with one attached hydrogen (secondary N) is 2. The van der Waals surface area contributed by atoms with Gasteiger partial charge in [0.05, 0.1) is 10.9 Å². The molecule has 1 amide bonds. The maximum absolute atomic E-state index is 13.1. The lowest BCUT2D eigenvalue weighted by molar-refractivity contribution is -0.138. The van der Waals surface area contributed by atoms with Gasteiger partial charge in [-0.1, -0.05) is 18.2 Å². The molecule has 10 heteroatoms. The van der Waals surface area contributed by atoms with Crippen LogP contribution in [0.5, 0.6) is 0 Å². The van der Waals surface area contributed by atoms with Crippen LogP contribution in [-0.2, 0) is 26.0 Å². The molecule has 194 valence electrons. The number of carboxylic acids is 1. The molecular weight excluding hydrogens is 485 g/mol. The zero-order valence-corrected chi connectivity index (χ0v) is 21.2. The van der Waals surface area contributed by atoms with Crippen molar-refractivity contribution in [3.8, 4) is 0 Å². The van der Waals surface area contributed by atoms with Crippen molar-refractivity contribution in [2.45, 2.75) is 68.5 Å². The standard InChI is InChI=1S/C26H32FN3O5S/c1-16(17-3-9-20(27)10-4-17)28-25(31)19-5-11-21(12-6-19)29-36(34,35)22-13-7-18-8-14-23(26(32)33)30(2)24(18)15-22/h3-4,7,9-10,13,15-16,19,21,23,29H,5-6,8,11-12,14H2,1-2H3,(H,28,31)(H,32,33)/t16-,19?,21?,23+/m1/s1. The van der Waals surface area contributed by atoms with E-state index in [1.165, 1.54) is 12.1 Å². The number of carboxylic acid groups (broad SMARTS) is 1. The quantitative estimate of drug-likeness (QED) is 0.519. The fourth-order valence-electron chi connectivity index (χ4n) is 5.12. The average Bonchev–Trinajstić information content (AvgIpc) is 2.84. The number of benzene rings is 2. The number of halogens is 1. The van der Waals surface area contributed by atoms with E-state index < -0.39 is 22.0 Å². The van der Waals surface area contributed by atoms with E-state index in [2.05, 4.69) is 10.0 Å². The Hall–Kier alpha value is -2.98. The fraction of sp³-hybridized carbons (Fsp3) is 0.462. The molecule has 1 aliphatic carbocycles. The van der Waals surface area contributed by atoms with Crippen LogP contribution >= 0.6 is 0 Å². The molecule has 2 aromatic carbocycles. The van der Waals surface area contributed by atoms with Crippen molar-refractivity contribution in [2.75, 3.05) is 11.9 Å². The van der Waals surface area contributed by atoms with Gasteiger partial charge in [0.15, 0.2) is 0 Å². The van der Waals surface area contributed by atoms with E-state index in [1.54, 1.807) is 42.3 Å². The van der Waals surface area contributed by atoms with Crippen LogP contribution in [0, 0.1) is 11.7 Å². The van der Waals surface area contributed by atoms with Gasteiger partial charge < -0.3 is 15.3 Å². The molecular formula is C26H32FN3O5S. The van der Waals surface area contributed by atoms with Crippen LogP contribution in [0.3, 0.4) is 0 Å². The number of carbonyl (C=O) groups is 2. The normalized spacial score (nSPS) is 23.0. The molecule has 2 aromatic rings. The van der Waals surface area contributed by atoms with E-state index in [-0.39, 0.29) is 34.6 Å². The van der Waals surface area contributed by atoms with Gasteiger partial charge in [0.1, 0.15) is 11.9 Å². The summed E-state index contributed by atoms with van der Waals surface area (Å²) in [5.74, 6) is -1.55. The van der Waals surface area contributed by atoms with Gasteiger partial charge in [0.25, 0.3) is 0 Å². The zero-order chi connectivity index (χ0) is 26.0. The van der Waals surface area contributed by atoms with Gasteiger partial charge in [-0.2, -0.15) is 0 Å². The average molecular weight is 518 g/mol. The number of likely N-dealkylation sites (N-methyl/N-ethyl adjacent to an activating group) is 1. The number of hydrogen-bond acceptors (Lipinski definition) is 5. The number of hydrogen-bond donors (Lipinski definition) is 3. The number of nitrogens with zero attached hydrogens (tertiary/aromatic N) is 1. The van der Waals surface area contributed by atoms with E-state index >= 15 is 0 Å². The van der Waals surface area contributed by atoms with Crippen molar-refractivity contribution in [1.82, 2.24) is 10.0 Å². The first-order valence-corrected chi connectivity index (χ1v) is 13.7. The Morgan fingerprint density at radius 2 is 1.72 bits per heavy atom. The minimum Gasteiger partial charge on any atom is -0.480 e. The van der Waals surface area contributed by atoms with Gasteiger partial charge in [0, 0.05) is 24.7 Å². The van der Waals surface area contributed by atoms with Crippen molar-refractivity contribution in [2.24, 2.45) is 5.92 Å². The Morgan fingerprint density at radius 1 is 1.06 bits per heavy atom. The molecule has 0 aromatic heterocycles. The summed E-state index contributed by atoms with van der Waals surface area (Å²) in [6.07, 6.45) is 3.24. The molecule has 1 saturated carbocycles. The molecule has 1 aliphatic heterocycles. The second-order valence-electron chi connectivity index (χ2n) is 9.75. The smallest absolute Gasteiger partial charge is 0.326 e. The summed E-state index contributed by atoms with van der Waals surface area (Å²) in [4.78, 5) is 26.0. The molecule has 0 bridgehead atoms. The highest BCUT2D eigenvalue weighted by molar-refractivity contribution is 7.89. The lowest BCUT2D eigenvalue weighted by Crippen LogP contribution is -2.42. The molecule has 3 N–H and O–H groups in total. The molecule has 0 unspecified atom stereocenters. The number of rotatable bonds is 7. The van der Waals surface area contributed by atoms with Gasteiger partial charge >= 0.3 is 5.97 Å². The number of amides is 1. The van der Waals surface area contributed by atoms with Gasteiger partial charge in [-0.15, -0.1) is 0 Å². The molecule has 1 fully saturated rings. The molecule has 1 heterocycles. The van der Waals surface area contributed by atoms with Crippen LogP contribution in [0.4, 0.5) is 10.1 Å². The molecule has 0 radical (unpaired) electrons. The van der Waals surface area contributed by atoms with Gasteiger partial charge in [0.2, 0.25) is 15.9 Å². The van der Waals surface area contributed by atoms with Crippen molar-refractivity contribution in [3.63, 3.8) is 0 Å². The van der Waals surface area contributed by atoms with Crippen LogP contribution < -0.4 is 14.9 Å². The number of aliphatic carboxylic acids is 1. The lowest BCUT2D eigenvalue weighted by Gasteiger charge is -2.34. The molecule has 2 aliphatic rings. The molecule has 0 saturated heterocycles. The fourth-order valence-corrected chi connectivity index (χ4v) is 6.44. The van der Waals surface area contributed by atoms with Crippen LogP contribution in [0.1, 0.15) is 56.2 Å². The second kappa shape index (κ2) is 10.6. The first-order chi connectivity index (χ1) is 17.0. The van der Waals surface area contributed by atoms with Gasteiger partial charge in [-0.3, -0.25) is 4.79 Å². The van der Waals surface area contributed by atoms with Crippen LogP contribution in [0.25, 0.3) is 0 Å². The summed E-state index contributed by atoms with van der Waals surface area (Å²) < 4.78 is 42.1. The van der Waals surface area contributed by atoms with Crippen molar-refractivity contribution in [3.05, 3.63) is 59.4 Å². The summed E-state index contributed by atoms with van der Waals surface area (Å²) >= 11 is 0. The minimum atomic E-state index is -3.81. The lowest BCUT2D eigenvalue weighted by atomic mass is 9.85. The molecule has 4 rings (SSSR count). The maximum atomic E-state index is 13.1. The Kier molecular flexibility index (Phi) is 7.65. The largest absolute Gasteiger partial charge is 0.480 e. The molecule has 36 heavy (non-hydrogen) atoms. The van der Waals surface area contributed by atoms with E-state index in [1.807, 2.05) is 6.92 Å². The number of fused-ring (bicyclic) bond motifs is 1. The van der Waals surface area contributed by atoms with E-state index in [0.29, 0.717) is 44.2 Å². The van der Waals surface area contributed by atoms with Crippen LogP contribution in [0.15, 0.2) is 47.4 Å². The SMILES string of the molecule is C[C@@H](NC(=O)C1CCC(NS(=O)(=O)c2ccc3c(c2)N(C)[C@H](C(=O)O)CC3)CC1)c1ccc(F)cc1. The highest BCUT2D eigenvalue weighted by atomic mass is 32.2. The third-order valence-electron chi connectivity index (χ3n) is 7.34. The van der Waals surface area contributed by atoms with Gasteiger partial charge in [-0.25, -0.2) is 22.3 Å². The van der Waals surface area contributed by atoms with E-state index in [9.17, 15) is 27.5 Å². The summed E-state index contributed by atoms with van der Waals surface area (Å²) in [6.45, 7) is 1.85. The Labute approximate surface area is 210 Å². The Bertz CT molecular complexity index is 1230. The Balaban J connectivity index is 1.34. The minimum absolute atomic E-state index is 0.0844. The predicted molar refractivity (Wildman–Crippen MR) is 134 cm³/mol. The summed E-state index contributed by atoms with van der Waals surface area (Å²) in [6, 6.07) is 9.65. The summed E-state index contributed by atoms with van der Waals surface area (Å²) in [7, 11) is -2.14. The first kappa shape index (κ1) is 26.1. The number of sulfonamides is 1. The van der Waals surface area contributed by atoms with Crippen LogP contribution in [-0.4, -0.2) is 44.5 Å². The van der Waals surface area contributed by atoms with Crippen LogP contribution in [0.2, 0.25) is 0 Å². The van der Waals surface area contributed by atoms with E-state index in [4.69, 9.17) is 0 Å².